The van der Waals surface area contributed by atoms with Gasteiger partial charge in [0.05, 0.1) is 0 Å². The van der Waals surface area contributed by atoms with Gasteiger partial charge in [-0.1, -0.05) is 40.5 Å². The summed E-state index contributed by atoms with van der Waals surface area (Å²) >= 11 is 3.43. The topological polar surface area (TPSA) is 20.3 Å². The quantitative estimate of drug-likeness (QED) is 0.601. The number of alkyl halides is 1. The van der Waals surface area contributed by atoms with Crippen LogP contribution in [0.1, 0.15) is 31.2 Å². The number of unbranched alkanes of at least 4 members (excludes halogenated alkanes) is 2. The molecular formula is C14H18BrNO. The van der Waals surface area contributed by atoms with Crippen molar-refractivity contribution in [2.45, 2.75) is 32.1 Å². The summed E-state index contributed by atoms with van der Waals surface area (Å²) in [5, 5.41) is 1.05. The van der Waals surface area contributed by atoms with Crippen LogP contribution < -0.4 is 4.90 Å². The molecule has 0 aliphatic carbocycles. The van der Waals surface area contributed by atoms with Gasteiger partial charge in [0.15, 0.2) is 0 Å². The number of hydrogen-bond acceptors (Lipinski definition) is 1. The molecule has 3 heteroatoms. The van der Waals surface area contributed by atoms with E-state index < -0.39 is 0 Å². The molecule has 0 radical (unpaired) electrons. The first-order valence-corrected chi connectivity index (χ1v) is 7.39. The third kappa shape index (κ3) is 3.09. The molecule has 17 heavy (non-hydrogen) atoms. The second kappa shape index (κ2) is 6.20. The van der Waals surface area contributed by atoms with Crippen LogP contribution in [0.4, 0.5) is 5.69 Å². The number of carbonyl (C=O) groups excluding carboxylic acids is 1. The number of amides is 1. The summed E-state index contributed by atoms with van der Waals surface area (Å²) in [6.45, 7) is 0.864. The van der Waals surface area contributed by atoms with Crippen molar-refractivity contribution in [1.29, 1.82) is 0 Å². The molecular weight excluding hydrogens is 278 g/mol. The molecule has 92 valence electrons. The van der Waals surface area contributed by atoms with E-state index >= 15 is 0 Å². The van der Waals surface area contributed by atoms with E-state index in [1.807, 2.05) is 11.0 Å². The number of para-hydroxylation sites is 1. The Kier molecular flexibility index (Phi) is 4.60. The fourth-order valence-electron chi connectivity index (χ4n) is 2.28. The molecule has 1 aromatic carbocycles. The minimum absolute atomic E-state index is 0.280. The Morgan fingerprint density at radius 3 is 2.76 bits per heavy atom. The molecule has 0 saturated carbocycles. The molecule has 0 spiro atoms. The van der Waals surface area contributed by atoms with E-state index in [1.165, 1.54) is 18.4 Å². The van der Waals surface area contributed by atoms with Crippen LogP contribution in [-0.4, -0.2) is 17.8 Å². The van der Waals surface area contributed by atoms with E-state index in [2.05, 4.69) is 34.1 Å². The number of aryl methyl sites for hydroxylation is 1. The highest BCUT2D eigenvalue weighted by molar-refractivity contribution is 9.09. The normalized spacial score (nSPS) is 14.9. The molecule has 0 fully saturated rings. The molecule has 1 aliphatic heterocycles. The number of nitrogens with zero attached hydrogens (tertiary/aromatic N) is 1. The summed E-state index contributed by atoms with van der Waals surface area (Å²) in [6.07, 6.45) is 5.01. The van der Waals surface area contributed by atoms with Crippen LogP contribution in [0.15, 0.2) is 24.3 Å². The maximum Gasteiger partial charge on any atom is 0.227 e. The van der Waals surface area contributed by atoms with Gasteiger partial charge in [0.1, 0.15) is 0 Å². The van der Waals surface area contributed by atoms with Gasteiger partial charge in [-0.25, -0.2) is 0 Å². The Morgan fingerprint density at radius 2 is 1.94 bits per heavy atom. The predicted octanol–water partition coefficient (Wildman–Crippen LogP) is 3.53. The summed E-state index contributed by atoms with van der Waals surface area (Å²) < 4.78 is 0. The lowest BCUT2D eigenvalue weighted by Crippen LogP contribution is -2.35. The lowest BCUT2D eigenvalue weighted by atomic mass is 10.0. The smallest absolute Gasteiger partial charge is 0.227 e. The van der Waals surface area contributed by atoms with E-state index in [1.54, 1.807) is 0 Å². The second-order valence-corrected chi connectivity index (χ2v) is 5.22. The molecule has 0 unspecified atom stereocenters. The lowest BCUT2D eigenvalue weighted by molar-refractivity contribution is -0.118. The molecule has 2 nitrogen and oxygen atoms in total. The molecule has 0 saturated heterocycles. The van der Waals surface area contributed by atoms with Crippen molar-refractivity contribution in [2.24, 2.45) is 0 Å². The monoisotopic (exact) mass is 295 g/mol. The average molecular weight is 296 g/mol. The van der Waals surface area contributed by atoms with Crippen molar-refractivity contribution in [1.82, 2.24) is 0 Å². The number of benzene rings is 1. The summed E-state index contributed by atoms with van der Waals surface area (Å²) in [5.74, 6) is 0.280. The molecule has 0 aromatic heterocycles. The van der Waals surface area contributed by atoms with Gasteiger partial charge in [0.2, 0.25) is 5.91 Å². The maximum atomic E-state index is 11.9. The Balaban J connectivity index is 2.02. The van der Waals surface area contributed by atoms with Gasteiger partial charge in [-0.2, -0.15) is 0 Å². The first-order valence-electron chi connectivity index (χ1n) is 6.27. The molecule has 1 aromatic rings. The first-order chi connectivity index (χ1) is 8.33. The van der Waals surface area contributed by atoms with Crippen molar-refractivity contribution in [3.63, 3.8) is 0 Å². The first kappa shape index (κ1) is 12.6. The highest BCUT2D eigenvalue weighted by Gasteiger charge is 2.22. The van der Waals surface area contributed by atoms with Crippen molar-refractivity contribution >= 4 is 27.5 Å². The minimum Gasteiger partial charge on any atom is -0.312 e. The zero-order valence-electron chi connectivity index (χ0n) is 9.99. The minimum atomic E-state index is 0.280. The molecule has 1 amide bonds. The number of carbonyl (C=O) groups is 1. The fraction of sp³-hybridized carbons (Fsp3) is 0.500. The average Bonchev–Trinajstić information content (AvgIpc) is 2.37. The highest BCUT2D eigenvalue weighted by Crippen LogP contribution is 2.27. The van der Waals surface area contributed by atoms with Gasteiger partial charge in [0, 0.05) is 24.0 Å². The van der Waals surface area contributed by atoms with Gasteiger partial charge >= 0.3 is 0 Å². The Labute approximate surface area is 111 Å². The number of fused-ring (bicyclic) bond motifs is 1. The van der Waals surface area contributed by atoms with Crippen molar-refractivity contribution in [3.05, 3.63) is 29.8 Å². The molecule has 1 aliphatic rings. The molecule has 1 heterocycles. The largest absolute Gasteiger partial charge is 0.312 e. The standard InChI is InChI=1S/C14H18BrNO/c15-10-4-1-5-11-16-13-7-3-2-6-12(13)8-9-14(16)17/h2-3,6-7H,1,4-5,8-11H2. The number of halogens is 1. The Bertz CT molecular complexity index is 392. The van der Waals surface area contributed by atoms with E-state index in [9.17, 15) is 4.79 Å². The van der Waals surface area contributed by atoms with E-state index in [0.29, 0.717) is 6.42 Å². The summed E-state index contributed by atoms with van der Waals surface area (Å²) in [5.41, 5.74) is 2.44. The predicted molar refractivity (Wildman–Crippen MR) is 74.8 cm³/mol. The molecule has 0 atom stereocenters. The van der Waals surface area contributed by atoms with Crippen LogP contribution >= 0.6 is 15.9 Å². The summed E-state index contributed by atoms with van der Waals surface area (Å²) in [4.78, 5) is 13.9. The van der Waals surface area contributed by atoms with Crippen LogP contribution in [0.3, 0.4) is 0 Å². The van der Waals surface area contributed by atoms with E-state index in [4.69, 9.17) is 0 Å². The number of hydrogen-bond donors (Lipinski definition) is 0. The molecule has 0 N–H and O–H groups in total. The maximum absolute atomic E-state index is 11.9. The van der Waals surface area contributed by atoms with E-state index in [-0.39, 0.29) is 5.91 Å². The van der Waals surface area contributed by atoms with Gasteiger partial charge < -0.3 is 4.90 Å². The molecule has 2 rings (SSSR count). The van der Waals surface area contributed by atoms with Crippen LogP contribution in [0.25, 0.3) is 0 Å². The van der Waals surface area contributed by atoms with Gasteiger partial charge in [0.25, 0.3) is 0 Å². The van der Waals surface area contributed by atoms with Gasteiger partial charge in [-0.3, -0.25) is 4.79 Å². The summed E-state index contributed by atoms with van der Waals surface area (Å²) in [7, 11) is 0. The Morgan fingerprint density at radius 1 is 1.12 bits per heavy atom. The van der Waals surface area contributed by atoms with Crippen LogP contribution in [0.2, 0.25) is 0 Å². The Hall–Kier alpha value is -0.830. The fourth-order valence-corrected chi connectivity index (χ4v) is 2.68. The van der Waals surface area contributed by atoms with Crippen molar-refractivity contribution < 1.29 is 4.79 Å². The van der Waals surface area contributed by atoms with Crippen LogP contribution in [0.5, 0.6) is 0 Å². The van der Waals surface area contributed by atoms with Gasteiger partial charge in [-0.15, -0.1) is 0 Å². The van der Waals surface area contributed by atoms with E-state index in [0.717, 1.165) is 30.4 Å². The van der Waals surface area contributed by atoms with Crippen molar-refractivity contribution in [2.75, 3.05) is 16.8 Å². The van der Waals surface area contributed by atoms with Gasteiger partial charge in [-0.05, 0) is 30.9 Å². The third-order valence-corrected chi connectivity index (χ3v) is 3.77. The number of rotatable bonds is 5. The highest BCUT2D eigenvalue weighted by atomic mass is 79.9. The zero-order chi connectivity index (χ0) is 12.1. The second-order valence-electron chi connectivity index (χ2n) is 4.42. The zero-order valence-corrected chi connectivity index (χ0v) is 11.6. The van der Waals surface area contributed by atoms with Crippen LogP contribution in [-0.2, 0) is 11.2 Å². The summed E-state index contributed by atoms with van der Waals surface area (Å²) in [6, 6.07) is 8.27. The lowest BCUT2D eigenvalue weighted by Gasteiger charge is -2.29. The molecule has 0 bridgehead atoms. The third-order valence-electron chi connectivity index (χ3n) is 3.21. The SMILES string of the molecule is O=C1CCc2ccccc2N1CCCCCBr. The number of anilines is 1. The van der Waals surface area contributed by atoms with Crippen molar-refractivity contribution in [3.8, 4) is 0 Å². The van der Waals surface area contributed by atoms with Crippen LogP contribution in [0, 0.1) is 0 Å².